The second-order valence-electron chi connectivity index (χ2n) is 6.25. The number of hydrogen-bond donors (Lipinski definition) is 1. The third kappa shape index (κ3) is 4.70. The van der Waals surface area contributed by atoms with Gasteiger partial charge in [0.05, 0.1) is 6.04 Å². The van der Waals surface area contributed by atoms with Crippen molar-refractivity contribution >= 4 is 23.1 Å². The summed E-state index contributed by atoms with van der Waals surface area (Å²) >= 11 is 5.99. The predicted octanol–water partition coefficient (Wildman–Crippen LogP) is 6.21. The molecule has 3 rings (SSSR count). The van der Waals surface area contributed by atoms with Gasteiger partial charge in [-0.1, -0.05) is 35.9 Å². The van der Waals surface area contributed by atoms with E-state index in [4.69, 9.17) is 11.6 Å². The van der Waals surface area contributed by atoms with Gasteiger partial charge in [-0.2, -0.15) is 0 Å². The lowest BCUT2D eigenvalue weighted by Gasteiger charge is -2.20. The molecule has 0 spiro atoms. The van der Waals surface area contributed by atoms with E-state index in [2.05, 4.69) is 5.32 Å². The number of Topliss-reactive ketones (excluding diaryl/α,β-unsaturated/α-hetero) is 1. The van der Waals surface area contributed by atoms with Crippen LogP contribution in [0.4, 0.5) is 10.1 Å². The van der Waals surface area contributed by atoms with Crippen LogP contribution < -0.4 is 5.32 Å². The molecule has 2 nitrogen and oxygen atoms in total. The Balaban J connectivity index is 1.85. The molecule has 1 unspecified atom stereocenters. The van der Waals surface area contributed by atoms with Crippen LogP contribution in [0.3, 0.4) is 0 Å². The summed E-state index contributed by atoms with van der Waals surface area (Å²) in [5.74, 6) is -0.404. The molecule has 0 heterocycles. The van der Waals surface area contributed by atoms with Crippen molar-refractivity contribution in [1.29, 1.82) is 0 Å². The zero-order chi connectivity index (χ0) is 18.5. The predicted molar refractivity (Wildman–Crippen MR) is 104 cm³/mol. The number of halogens is 2. The number of ketones is 1. The van der Waals surface area contributed by atoms with Gasteiger partial charge in [-0.3, -0.25) is 4.79 Å². The third-order valence-corrected chi connectivity index (χ3v) is 4.44. The van der Waals surface area contributed by atoms with Crippen LogP contribution in [-0.2, 0) is 0 Å². The maximum absolute atomic E-state index is 13.1. The molecule has 4 heteroatoms. The lowest BCUT2D eigenvalue weighted by Crippen LogP contribution is -2.16. The van der Waals surface area contributed by atoms with Gasteiger partial charge in [-0.25, -0.2) is 4.39 Å². The molecule has 0 aromatic heterocycles. The highest BCUT2D eigenvalue weighted by molar-refractivity contribution is 6.30. The normalized spacial score (nSPS) is 11.8. The second-order valence-corrected chi connectivity index (χ2v) is 6.69. The molecule has 0 aliphatic rings. The van der Waals surface area contributed by atoms with Crippen molar-refractivity contribution < 1.29 is 9.18 Å². The Kier molecular flexibility index (Phi) is 5.69. The van der Waals surface area contributed by atoms with Crippen molar-refractivity contribution in [3.8, 4) is 0 Å². The zero-order valence-electron chi connectivity index (χ0n) is 14.4. The lowest BCUT2D eigenvalue weighted by atomic mass is 9.97. The molecule has 0 fully saturated rings. The standard InChI is InChI=1S/C22H19ClFNO/c1-15-3-2-4-20(13-15)25-21(16-5-9-18(23)10-6-16)14-22(26)17-7-11-19(24)12-8-17/h2-13,21,25H,14H2,1H3. The number of nitrogens with one attached hydrogen (secondary N) is 1. The SMILES string of the molecule is Cc1cccc(NC(CC(=O)c2ccc(F)cc2)c2ccc(Cl)cc2)c1. The van der Waals surface area contributed by atoms with Crippen molar-refractivity contribution in [2.45, 2.75) is 19.4 Å². The average Bonchev–Trinajstić information content (AvgIpc) is 2.62. The first-order chi connectivity index (χ1) is 12.5. The van der Waals surface area contributed by atoms with Gasteiger partial charge in [-0.05, 0) is 66.6 Å². The summed E-state index contributed by atoms with van der Waals surface area (Å²) in [5, 5.41) is 4.08. The highest BCUT2D eigenvalue weighted by Gasteiger charge is 2.17. The van der Waals surface area contributed by atoms with Gasteiger partial charge >= 0.3 is 0 Å². The minimum atomic E-state index is -0.353. The van der Waals surface area contributed by atoms with E-state index in [0.29, 0.717) is 10.6 Å². The molecule has 3 aromatic carbocycles. The maximum Gasteiger partial charge on any atom is 0.165 e. The van der Waals surface area contributed by atoms with Crippen LogP contribution in [-0.4, -0.2) is 5.78 Å². The van der Waals surface area contributed by atoms with Crippen LogP contribution in [0.2, 0.25) is 5.02 Å². The van der Waals surface area contributed by atoms with Gasteiger partial charge in [0.25, 0.3) is 0 Å². The van der Waals surface area contributed by atoms with Crippen LogP contribution in [0.15, 0.2) is 72.8 Å². The van der Waals surface area contributed by atoms with Crippen molar-refractivity contribution in [3.63, 3.8) is 0 Å². The number of carbonyl (C=O) groups excluding carboxylic acids is 1. The van der Waals surface area contributed by atoms with E-state index in [1.807, 2.05) is 55.5 Å². The first kappa shape index (κ1) is 18.2. The van der Waals surface area contributed by atoms with Gasteiger partial charge in [0, 0.05) is 22.7 Å². The fraction of sp³-hybridized carbons (Fsp3) is 0.136. The second kappa shape index (κ2) is 8.15. The Morgan fingerprint density at radius 2 is 1.73 bits per heavy atom. The Hall–Kier alpha value is -2.65. The van der Waals surface area contributed by atoms with Gasteiger partial charge < -0.3 is 5.32 Å². The molecule has 1 atom stereocenters. The summed E-state index contributed by atoms with van der Waals surface area (Å²) in [5.41, 5.74) is 3.54. The van der Waals surface area contributed by atoms with E-state index in [1.54, 1.807) is 0 Å². The summed E-state index contributed by atoms with van der Waals surface area (Å²) < 4.78 is 13.1. The highest BCUT2D eigenvalue weighted by Crippen LogP contribution is 2.26. The Morgan fingerprint density at radius 1 is 1.04 bits per heavy atom. The van der Waals surface area contributed by atoms with E-state index >= 15 is 0 Å². The van der Waals surface area contributed by atoms with E-state index in [1.165, 1.54) is 24.3 Å². The molecular formula is C22H19ClFNO. The van der Waals surface area contributed by atoms with E-state index in [-0.39, 0.29) is 24.1 Å². The highest BCUT2D eigenvalue weighted by atomic mass is 35.5. The molecule has 0 aliphatic heterocycles. The summed E-state index contributed by atoms with van der Waals surface area (Å²) in [6.07, 6.45) is 0.251. The largest absolute Gasteiger partial charge is 0.378 e. The molecule has 0 radical (unpaired) electrons. The van der Waals surface area contributed by atoms with Crippen LogP contribution in [0, 0.1) is 12.7 Å². The number of aryl methyl sites for hydroxylation is 1. The molecule has 0 aliphatic carbocycles. The zero-order valence-corrected chi connectivity index (χ0v) is 15.1. The van der Waals surface area contributed by atoms with Crippen LogP contribution in [0.1, 0.15) is 33.9 Å². The van der Waals surface area contributed by atoms with Gasteiger partial charge in [0.1, 0.15) is 5.82 Å². The summed E-state index contributed by atoms with van der Waals surface area (Å²) in [6, 6.07) is 20.9. The first-order valence-electron chi connectivity index (χ1n) is 8.39. The molecule has 26 heavy (non-hydrogen) atoms. The van der Waals surface area contributed by atoms with Crippen molar-refractivity contribution in [2.75, 3.05) is 5.32 Å². The monoisotopic (exact) mass is 367 g/mol. The molecule has 0 bridgehead atoms. The molecule has 1 N–H and O–H groups in total. The molecule has 0 saturated carbocycles. The topological polar surface area (TPSA) is 29.1 Å². The van der Waals surface area contributed by atoms with E-state index in [0.717, 1.165) is 16.8 Å². The average molecular weight is 368 g/mol. The fourth-order valence-electron chi connectivity index (χ4n) is 2.82. The van der Waals surface area contributed by atoms with Gasteiger partial charge in [0.2, 0.25) is 0 Å². The van der Waals surface area contributed by atoms with E-state index < -0.39 is 0 Å². The molecule has 3 aromatic rings. The minimum absolute atomic E-state index is 0.0508. The molecule has 132 valence electrons. The van der Waals surface area contributed by atoms with E-state index in [9.17, 15) is 9.18 Å². The van der Waals surface area contributed by atoms with Crippen molar-refractivity contribution in [3.05, 3.63) is 100 Å². The van der Waals surface area contributed by atoms with Gasteiger partial charge in [-0.15, -0.1) is 0 Å². The Labute approximate surface area is 157 Å². The fourth-order valence-corrected chi connectivity index (χ4v) is 2.95. The summed E-state index contributed by atoms with van der Waals surface area (Å²) in [7, 11) is 0. The number of hydrogen-bond acceptors (Lipinski definition) is 2. The van der Waals surface area contributed by atoms with Crippen molar-refractivity contribution in [2.24, 2.45) is 0 Å². The number of benzene rings is 3. The smallest absolute Gasteiger partial charge is 0.165 e. The number of rotatable bonds is 6. The summed E-state index contributed by atoms with van der Waals surface area (Å²) in [6.45, 7) is 2.02. The molecule has 0 amide bonds. The van der Waals surface area contributed by atoms with Crippen LogP contribution in [0.5, 0.6) is 0 Å². The lowest BCUT2D eigenvalue weighted by molar-refractivity contribution is 0.0976. The minimum Gasteiger partial charge on any atom is -0.378 e. The van der Waals surface area contributed by atoms with Crippen LogP contribution in [0.25, 0.3) is 0 Å². The molecule has 0 saturated heterocycles. The van der Waals surface area contributed by atoms with Crippen molar-refractivity contribution in [1.82, 2.24) is 0 Å². The third-order valence-electron chi connectivity index (χ3n) is 4.19. The molecular weight excluding hydrogens is 349 g/mol. The summed E-state index contributed by atoms with van der Waals surface area (Å²) in [4.78, 5) is 12.7. The number of carbonyl (C=O) groups is 1. The quantitative estimate of drug-likeness (QED) is 0.524. The van der Waals surface area contributed by atoms with Gasteiger partial charge in [0.15, 0.2) is 5.78 Å². The number of anilines is 1. The maximum atomic E-state index is 13.1. The first-order valence-corrected chi connectivity index (χ1v) is 8.76. The van der Waals surface area contributed by atoms with Crippen LogP contribution >= 0.6 is 11.6 Å². The Morgan fingerprint density at radius 3 is 2.38 bits per heavy atom. The Bertz CT molecular complexity index is 891.